The third kappa shape index (κ3) is 4.82. The SMILES string of the molecule is CC(=O)OC[C@H]1O[C@@H](n2cc(C)c(N)nc2=O)[C@H](OC(C)=O)[C@@H]1OC(C)=O. The standard InChI is InChI=1S/C16H21N3O8/c1-7-5-19(16(23)18-14(7)17)15-13(26-10(4)22)12(25-9(3)21)11(27-15)6-24-8(2)20/h5,11-13,15H,6H2,1-4H3,(H2,17,18,23)/t11-,12-,13-,15-/m1/s1. The molecule has 0 bridgehead atoms. The van der Waals surface area contributed by atoms with E-state index in [2.05, 4.69) is 4.98 Å². The zero-order chi connectivity index (χ0) is 20.3. The predicted octanol–water partition coefficient (Wildman–Crippen LogP) is -0.542. The van der Waals surface area contributed by atoms with Gasteiger partial charge in [0.05, 0.1) is 0 Å². The molecule has 2 rings (SSSR count). The number of nitrogens with two attached hydrogens (primary N) is 1. The number of carbonyl (C=O) groups excluding carboxylic acids is 3. The zero-order valence-electron chi connectivity index (χ0n) is 15.3. The summed E-state index contributed by atoms with van der Waals surface area (Å²) in [4.78, 5) is 50.1. The van der Waals surface area contributed by atoms with Crippen molar-refractivity contribution in [1.82, 2.24) is 9.55 Å². The van der Waals surface area contributed by atoms with Crippen LogP contribution in [0.4, 0.5) is 5.82 Å². The van der Waals surface area contributed by atoms with E-state index < -0.39 is 48.1 Å². The number of carbonyl (C=O) groups is 3. The molecule has 0 amide bonds. The topological polar surface area (TPSA) is 149 Å². The Balaban J connectivity index is 2.45. The third-order valence-corrected chi connectivity index (χ3v) is 3.79. The van der Waals surface area contributed by atoms with Crippen LogP contribution in [0.3, 0.4) is 0 Å². The molecular weight excluding hydrogens is 362 g/mol. The fourth-order valence-corrected chi connectivity index (χ4v) is 2.68. The average molecular weight is 383 g/mol. The minimum absolute atomic E-state index is 0.0475. The molecule has 1 saturated heterocycles. The first kappa shape index (κ1) is 20.4. The number of anilines is 1. The molecule has 1 aliphatic rings. The molecule has 0 unspecified atom stereocenters. The van der Waals surface area contributed by atoms with Crippen molar-refractivity contribution in [3.8, 4) is 0 Å². The molecule has 0 aliphatic carbocycles. The van der Waals surface area contributed by atoms with Gasteiger partial charge in [0, 0.05) is 32.5 Å². The Morgan fingerprint density at radius 3 is 2.30 bits per heavy atom. The Hall–Kier alpha value is -2.95. The fourth-order valence-electron chi connectivity index (χ4n) is 2.68. The molecular formula is C16H21N3O8. The van der Waals surface area contributed by atoms with E-state index in [9.17, 15) is 19.2 Å². The zero-order valence-corrected chi connectivity index (χ0v) is 15.3. The second kappa shape index (κ2) is 8.16. The van der Waals surface area contributed by atoms with E-state index in [1.54, 1.807) is 6.92 Å². The van der Waals surface area contributed by atoms with Crippen LogP contribution < -0.4 is 11.4 Å². The van der Waals surface area contributed by atoms with Gasteiger partial charge in [-0.2, -0.15) is 4.98 Å². The highest BCUT2D eigenvalue weighted by molar-refractivity contribution is 5.68. The van der Waals surface area contributed by atoms with Crippen molar-refractivity contribution < 1.29 is 33.3 Å². The maximum atomic E-state index is 12.3. The Morgan fingerprint density at radius 2 is 1.74 bits per heavy atom. The van der Waals surface area contributed by atoms with Crippen LogP contribution >= 0.6 is 0 Å². The molecule has 1 aliphatic heterocycles. The van der Waals surface area contributed by atoms with Gasteiger partial charge >= 0.3 is 23.6 Å². The summed E-state index contributed by atoms with van der Waals surface area (Å²) < 4.78 is 22.2. The average Bonchev–Trinajstić information content (AvgIpc) is 2.85. The molecule has 27 heavy (non-hydrogen) atoms. The molecule has 0 spiro atoms. The third-order valence-electron chi connectivity index (χ3n) is 3.79. The smallest absolute Gasteiger partial charge is 0.351 e. The lowest BCUT2D eigenvalue weighted by molar-refractivity contribution is -0.166. The first-order chi connectivity index (χ1) is 12.6. The van der Waals surface area contributed by atoms with Crippen LogP contribution in [0.25, 0.3) is 0 Å². The summed E-state index contributed by atoms with van der Waals surface area (Å²) in [5, 5.41) is 0. The van der Waals surface area contributed by atoms with Crippen LogP contribution in [0.5, 0.6) is 0 Å². The number of hydrogen-bond acceptors (Lipinski definition) is 10. The van der Waals surface area contributed by atoms with Crippen LogP contribution in [0.15, 0.2) is 11.0 Å². The minimum Gasteiger partial charge on any atom is -0.463 e. The minimum atomic E-state index is -1.16. The van der Waals surface area contributed by atoms with Crippen molar-refractivity contribution in [2.75, 3.05) is 12.3 Å². The number of aryl methyl sites for hydroxylation is 1. The molecule has 0 aromatic carbocycles. The Morgan fingerprint density at radius 1 is 1.15 bits per heavy atom. The van der Waals surface area contributed by atoms with Gasteiger partial charge in [0.2, 0.25) is 0 Å². The van der Waals surface area contributed by atoms with Crippen molar-refractivity contribution in [1.29, 1.82) is 0 Å². The number of hydrogen-bond donors (Lipinski definition) is 1. The van der Waals surface area contributed by atoms with E-state index in [-0.39, 0.29) is 12.4 Å². The molecule has 2 heterocycles. The number of rotatable bonds is 5. The van der Waals surface area contributed by atoms with Crippen LogP contribution in [0.1, 0.15) is 32.6 Å². The van der Waals surface area contributed by atoms with Crippen molar-refractivity contribution >= 4 is 23.7 Å². The molecule has 11 nitrogen and oxygen atoms in total. The summed E-state index contributed by atoms with van der Waals surface area (Å²) in [6.45, 7) is 4.90. The molecule has 1 fully saturated rings. The lowest BCUT2D eigenvalue weighted by Gasteiger charge is -2.24. The number of esters is 3. The summed E-state index contributed by atoms with van der Waals surface area (Å²) in [5.74, 6) is -1.86. The highest BCUT2D eigenvalue weighted by Crippen LogP contribution is 2.33. The largest absolute Gasteiger partial charge is 0.463 e. The van der Waals surface area contributed by atoms with Crippen molar-refractivity contribution in [2.45, 2.75) is 52.2 Å². The summed E-state index contributed by atoms with van der Waals surface area (Å²) in [6.07, 6.45) is -2.98. The van der Waals surface area contributed by atoms with Crippen molar-refractivity contribution in [3.05, 3.63) is 22.2 Å². The van der Waals surface area contributed by atoms with Gasteiger partial charge in [-0.1, -0.05) is 0 Å². The van der Waals surface area contributed by atoms with Crippen LogP contribution in [-0.4, -0.2) is 52.4 Å². The van der Waals surface area contributed by atoms with Crippen LogP contribution in [0.2, 0.25) is 0 Å². The predicted molar refractivity (Wildman–Crippen MR) is 89.3 cm³/mol. The van der Waals surface area contributed by atoms with Gasteiger partial charge in [-0.15, -0.1) is 0 Å². The van der Waals surface area contributed by atoms with E-state index in [4.69, 9.17) is 24.7 Å². The summed E-state index contributed by atoms with van der Waals surface area (Å²) >= 11 is 0. The summed E-state index contributed by atoms with van der Waals surface area (Å²) in [6, 6.07) is 0. The van der Waals surface area contributed by atoms with Gasteiger partial charge in [-0.05, 0) is 6.92 Å². The van der Waals surface area contributed by atoms with E-state index in [1.165, 1.54) is 20.0 Å². The number of ether oxygens (including phenoxy) is 4. The van der Waals surface area contributed by atoms with E-state index >= 15 is 0 Å². The van der Waals surface area contributed by atoms with E-state index in [1.807, 2.05) is 0 Å². The van der Waals surface area contributed by atoms with Crippen LogP contribution in [0, 0.1) is 6.92 Å². The highest BCUT2D eigenvalue weighted by atomic mass is 16.7. The number of nitrogen functional groups attached to an aromatic ring is 1. The van der Waals surface area contributed by atoms with Gasteiger partial charge in [-0.3, -0.25) is 19.0 Å². The molecule has 148 valence electrons. The van der Waals surface area contributed by atoms with Gasteiger partial charge in [0.1, 0.15) is 18.5 Å². The lowest BCUT2D eigenvalue weighted by Crippen LogP contribution is -2.42. The van der Waals surface area contributed by atoms with Crippen molar-refractivity contribution in [3.63, 3.8) is 0 Å². The van der Waals surface area contributed by atoms with E-state index in [0.29, 0.717) is 5.56 Å². The highest BCUT2D eigenvalue weighted by Gasteiger charge is 2.51. The monoisotopic (exact) mass is 383 g/mol. The van der Waals surface area contributed by atoms with Gasteiger partial charge < -0.3 is 24.7 Å². The lowest BCUT2D eigenvalue weighted by atomic mass is 10.1. The molecule has 1 aromatic heterocycles. The normalized spacial score (nSPS) is 24.3. The first-order valence-corrected chi connectivity index (χ1v) is 8.08. The first-order valence-electron chi connectivity index (χ1n) is 8.08. The quantitative estimate of drug-likeness (QED) is 0.519. The van der Waals surface area contributed by atoms with E-state index in [0.717, 1.165) is 11.5 Å². The Bertz CT molecular complexity index is 805. The number of aromatic nitrogens is 2. The molecule has 1 aromatic rings. The van der Waals surface area contributed by atoms with Gasteiger partial charge in [0.15, 0.2) is 18.4 Å². The second-order valence-electron chi connectivity index (χ2n) is 6.01. The molecule has 4 atom stereocenters. The maximum Gasteiger partial charge on any atom is 0.351 e. The molecule has 0 saturated carbocycles. The second-order valence-corrected chi connectivity index (χ2v) is 6.01. The molecule has 11 heteroatoms. The fraction of sp³-hybridized carbons (Fsp3) is 0.562. The Kier molecular flexibility index (Phi) is 6.16. The van der Waals surface area contributed by atoms with Gasteiger partial charge in [-0.25, -0.2) is 4.79 Å². The molecule has 2 N–H and O–H groups in total. The summed E-state index contributed by atoms with van der Waals surface area (Å²) in [5.41, 5.74) is 5.38. The van der Waals surface area contributed by atoms with Crippen molar-refractivity contribution in [2.24, 2.45) is 0 Å². The number of nitrogens with zero attached hydrogens (tertiary/aromatic N) is 2. The van der Waals surface area contributed by atoms with Gasteiger partial charge in [0.25, 0.3) is 0 Å². The maximum absolute atomic E-state index is 12.3. The Labute approximate surface area is 154 Å². The summed E-state index contributed by atoms with van der Waals surface area (Å²) in [7, 11) is 0. The van der Waals surface area contributed by atoms with Crippen LogP contribution in [-0.2, 0) is 33.3 Å². The molecule has 0 radical (unpaired) electrons.